The van der Waals surface area contributed by atoms with E-state index in [0.717, 1.165) is 12.1 Å². The lowest BCUT2D eigenvalue weighted by atomic mass is 10.0. The molecule has 0 atom stereocenters. The van der Waals surface area contributed by atoms with Crippen molar-refractivity contribution >= 4 is 16.7 Å². The number of ketones is 1. The number of carbonyl (C=O) groups is 1. The topological polar surface area (TPSA) is 57.5 Å². The number of hydrogen-bond acceptors (Lipinski definition) is 4. The molecule has 1 aliphatic rings. The van der Waals surface area contributed by atoms with E-state index in [2.05, 4.69) is 0 Å². The fourth-order valence-corrected chi connectivity index (χ4v) is 4.02. The van der Waals surface area contributed by atoms with E-state index in [1.54, 1.807) is 47.0 Å². The number of para-hydroxylation sites is 1. The number of pyridine rings is 1. The molecule has 1 aromatic heterocycles. The smallest absolute Gasteiger partial charge is 0.416 e. The zero-order valence-electron chi connectivity index (χ0n) is 17.8. The maximum Gasteiger partial charge on any atom is 0.416 e. The summed E-state index contributed by atoms with van der Waals surface area (Å²) >= 11 is 0. The summed E-state index contributed by atoms with van der Waals surface area (Å²) in [6, 6.07) is 16.4. The largest absolute Gasteiger partial charge is 0.486 e. The molecule has 0 aliphatic carbocycles. The normalized spacial score (nSPS) is 13.1. The van der Waals surface area contributed by atoms with Gasteiger partial charge in [0.25, 0.3) is 0 Å². The van der Waals surface area contributed by atoms with Crippen molar-refractivity contribution in [2.24, 2.45) is 0 Å². The quantitative estimate of drug-likeness (QED) is 0.395. The predicted octanol–water partition coefficient (Wildman–Crippen LogP) is 5.07. The van der Waals surface area contributed by atoms with Gasteiger partial charge in [-0.2, -0.15) is 13.2 Å². The minimum Gasteiger partial charge on any atom is -0.486 e. The van der Waals surface area contributed by atoms with Crippen LogP contribution in [0.5, 0.6) is 11.5 Å². The van der Waals surface area contributed by atoms with E-state index in [0.29, 0.717) is 41.2 Å². The van der Waals surface area contributed by atoms with Crippen LogP contribution in [0.2, 0.25) is 0 Å². The molecule has 172 valence electrons. The highest BCUT2D eigenvalue weighted by atomic mass is 19.4. The molecule has 4 aromatic rings. The lowest BCUT2D eigenvalue weighted by molar-refractivity contribution is -0.137. The molecule has 0 bridgehead atoms. The summed E-state index contributed by atoms with van der Waals surface area (Å²) in [6.45, 7) is 0.807. The SMILES string of the molecule is O=C(c1ccc2c(c1)OCCO2)c1cn(Cc2cccc(C(F)(F)F)c2)c2ccccc2c1=O. The monoisotopic (exact) mass is 465 g/mol. The minimum absolute atomic E-state index is 0.0478. The van der Waals surface area contributed by atoms with Gasteiger partial charge in [-0.25, -0.2) is 0 Å². The first-order valence-corrected chi connectivity index (χ1v) is 10.5. The lowest BCUT2D eigenvalue weighted by Crippen LogP contribution is -2.21. The van der Waals surface area contributed by atoms with Crippen molar-refractivity contribution in [2.45, 2.75) is 12.7 Å². The van der Waals surface area contributed by atoms with E-state index in [-0.39, 0.29) is 17.7 Å². The average Bonchev–Trinajstić information content (AvgIpc) is 2.85. The first-order valence-electron chi connectivity index (χ1n) is 10.5. The third-order valence-electron chi connectivity index (χ3n) is 5.64. The van der Waals surface area contributed by atoms with Gasteiger partial charge in [0.2, 0.25) is 5.43 Å². The van der Waals surface area contributed by atoms with Gasteiger partial charge in [-0.05, 0) is 48.0 Å². The van der Waals surface area contributed by atoms with Gasteiger partial charge in [-0.1, -0.05) is 24.3 Å². The number of carbonyl (C=O) groups excluding carboxylic acids is 1. The number of alkyl halides is 3. The zero-order valence-corrected chi connectivity index (χ0v) is 17.8. The molecule has 1 aliphatic heterocycles. The molecule has 2 heterocycles. The van der Waals surface area contributed by atoms with E-state index >= 15 is 0 Å². The summed E-state index contributed by atoms with van der Waals surface area (Å²) in [5.74, 6) is 0.427. The van der Waals surface area contributed by atoms with Crippen LogP contribution in [-0.4, -0.2) is 23.6 Å². The van der Waals surface area contributed by atoms with Crippen LogP contribution in [0.4, 0.5) is 13.2 Å². The Morgan fingerprint density at radius 3 is 2.47 bits per heavy atom. The summed E-state index contributed by atoms with van der Waals surface area (Å²) < 4.78 is 52.2. The standard InChI is InChI=1S/C26H18F3NO4/c27-26(28,29)18-5-3-4-16(12-18)14-30-15-20(25(32)19-6-1-2-7-21(19)30)24(31)17-8-9-22-23(13-17)34-11-10-33-22/h1-9,12-13,15H,10-11,14H2. The second-order valence-electron chi connectivity index (χ2n) is 7.90. The van der Waals surface area contributed by atoms with E-state index in [4.69, 9.17) is 9.47 Å². The number of benzene rings is 3. The van der Waals surface area contributed by atoms with E-state index in [1.807, 2.05) is 0 Å². The molecule has 0 fully saturated rings. The first kappa shape index (κ1) is 21.8. The number of hydrogen-bond donors (Lipinski definition) is 0. The molecule has 0 saturated carbocycles. The second-order valence-corrected chi connectivity index (χ2v) is 7.90. The van der Waals surface area contributed by atoms with E-state index < -0.39 is 23.0 Å². The van der Waals surface area contributed by atoms with Crippen LogP contribution in [0, 0.1) is 0 Å². The maximum absolute atomic E-state index is 13.3. The molecule has 0 spiro atoms. The summed E-state index contributed by atoms with van der Waals surface area (Å²) in [6.07, 6.45) is -3.06. The van der Waals surface area contributed by atoms with E-state index in [9.17, 15) is 22.8 Å². The summed E-state index contributed by atoms with van der Waals surface area (Å²) in [4.78, 5) is 26.5. The Morgan fingerprint density at radius 2 is 1.68 bits per heavy atom. The highest BCUT2D eigenvalue weighted by molar-refractivity contribution is 6.10. The van der Waals surface area contributed by atoms with Crippen molar-refractivity contribution in [2.75, 3.05) is 13.2 Å². The van der Waals surface area contributed by atoms with Crippen molar-refractivity contribution in [3.63, 3.8) is 0 Å². The summed E-state index contributed by atoms with van der Waals surface area (Å²) in [7, 11) is 0. The van der Waals surface area contributed by atoms with Gasteiger partial charge in [-0.3, -0.25) is 9.59 Å². The van der Waals surface area contributed by atoms with Crippen LogP contribution in [0.15, 0.2) is 77.7 Å². The molecule has 0 saturated heterocycles. The van der Waals surface area contributed by atoms with Gasteiger partial charge in [0.15, 0.2) is 17.3 Å². The molecular formula is C26H18F3NO4. The van der Waals surface area contributed by atoms with Crippen LogP contribution in [0.3, 0.4) is 0 Å². The van der Waals surface area contributed by atoms with Crippen LogP contribution in [0.1, 0.15) is 27.0 Å². The van der Waals surface area contributed by atoms with Crippen molar-refractivity contribution < 1.29 is 27.4 Å². The van der Waals surface area contributed by atoms with Crippen molar-refractivity contribution in [3.05, 3.63) is 105 Å². The zero-order chi connectivity index (χ0) is 23.9. The van der Waals surface area contributed by atoms with Crippen molar-refractivity contribution in [1.82, 2.24) is 4.57 Å². The molecule has 3 aromatic carbocycles. The highest BCUT2D eigenvalue weighted by Crippen LogP contribution is 2.32. The number of aromatic nitrogens is 1. The Morgan fingerprint density at radius 1 is 0.912 bits per heavy atom. The summed E-state index contributed by atoms with van der Waals surface area (Å²) in [5.41, 5.74) is -0.131. The average molecular weight is 465 g/mol. The Kier molecular flexibility index (Phi) is 5.36. The molecule has 5 nitrogen and oxygen atoms in total. The Labute approximate surface area is 192 Å². The Hall–Kier alpha value is -4.07. The third-order valence-corrected chi connectivity index (χ3v) is 5.64. The van der Waals surface area contributed by atoms with Crippen LogP contribution >= 0.6 is 0 Å². The molecule has 0 radical (unpaired) electrons. The van der Waals surface area contributed by atoms with Gasteiger partial charge in [0, 0.05) is 23.7 Å². The molecule has 0 amide bonds. The van der Waals surface area contributed by atoms with Gasteiger partial charge >= 0.3 is 6.18 Å². The first-order chi connectivity index (χ1) is 16.3. The van der Waals surface area contributed by atoms with Gasteiger partial charge in [0.1, 0.15) is 13.2 Å². The third kappa shape index (κ3) is 4.03. The van der Waals surface area contributed by atoms with Crippen LogP contribution < -0.4 is 14.9 Å². The van der Waals surface area contributed by atoms with Gasteiger partial charge < -0.3 is 14.0 Å². The van der Waals surface area contributed by atoms with Crippen LogP contribution in [-0.2, 0) is 12.7 Å². The molecule has 0 unspecified atom stereocenters. The number of halogens is 3. The molecule has 8 heteroatoms. The molecule has 34 heavy (non-hydrogen) atoms. The number of nitrogens with zero attached hydrogens (tertiary/aromatic N) is 1. The van der Waals surface area contributed by atoms with Gasteiger partial charge in [-0.15, -0.1) is 0 Å². The minimum atomic E-state index is -4.47. The number of ether oxygens (including phenoxy) is 2. The number of fused-ring (bicyclic) bond motifs is 2. The fraction of sp³-hybridized carbons (Fsp3) is 0.154. The lowest BCUT2D eigenvalue weighted by Gasteiger charge is -2.19. The fourth-order valence-electron chi connectivity index (χ4n) is 4.02. The maximum atomic E-state index is 13.3. The Bertz CT molecular complexity index is 1470. The van der Waals surface area contributed by atoms with Gasteiger partial charge in [0.05, 0.1) is 16.6 Å². The second kappa shape index (κ2) is 8.37. The predicted molar refractivity (Wildman–Crippen MR) is 120 cm³/mol. The van der Waals surface area contributed by atoms with Crippen LogP contribution in [0.25, 0.3) is 10.9 Å². The molecular weight excluding hydrogens is 447 g/mol. The van der Waals surface area contributed by atoms with Crippen molar-refractivity contribution in [3.8, 4) is 11.5 Å². The molecule has 5 rings (SSSR count). The summed E-state index contributed by atoms with van der Waals surface area (Å²) in [5, 5.41) is 0.304. The Balaban J connectivity index is 1.60. The highest BCUT2D eigenvalue weighted by Gasteiger charge is 2.30. The van der Waals surface area contributed by atoms with Crippen molar-refractivity contribution in [1.29, 1.82) is 0 Å². The number of rotatable bonds is 4. The van der Waals surface area contributed by atoms with E-state index in [1.165, 1.54) is 18.3 Å². The molecule has 0 N–H and O–H groups in total.